The number of ether oxygens (including phenoxy) is 1. The average molecular weight is 270 g/mol. The van der Waals surface area contributed by atoms with E-state index in [1.165, 1.54) is 19.2 Å². The summed E-state index contributed by atoms with van der Waals surface area (Å²) in [5.41, 5.74) is 0. The van der Waals surface area contributed by atoms with Gasteiger partial charge in [-0.3, -0.25) is 0 Å². The summed E-state index contributed by atoms with van der Waals surface area (Å²) >= 11 is 6.32. The number of halogens is 1. The Morgan fingerprint density at radius 2 is 2.22 bits per heavy atom. The highest BCUT2D eigenvalue weighted by Gasteiger charge is 2.23. The Labute approximate surface area is 113 Å². The zero-order valence-corrected chi connectivity index (χ0v) is 11.5. The standard InChI is InChI=1S/C13H20ClN3O/c1-2-7-18-13-8-12(15-9-16-13)17-11-6-4-3-5-10(11)14/h8-11H,2-7H2,1H3,(H,15,16,17). The fraction of sp³-hybridized carbons (Fsp3) is 0.692. The largest absolute Gasteiger partial charge is 0.478 e. The Balaban J connectivity index is 1.95. The van der Waals surface area contributed by atoms with Crippen molar-refractivity contribution in [1.29, 1.82) is 0 Å². The predicted octanol–water partition coefficient (Wildman–Crippen LogP) is 3.23. The van der Waals surface area contributed by atoms with Crippen LogP contribution in [0.5, 0.6) is 5.88 Å². The predicted molar refractivity (Wildman–Crippen MR) is 73.3 cm³/mol. The monoisotopic (exact) mass is 269 g/mol. The average Bonchev–Trinajstić information content (AvgIpc) is 2.40. The first-order chi connectivity index (χ1) is 8.79. The molecule has 0 spiro atoms. The van der Waals surface area contributed by atoms with Crippen LogP contribution in [0.4, 0.5) is 5.82 Å². The molecule has 1 heterocycles. The number of rotatable bonds is 5. The molecule has 1 aromatic heterocycles. The van der Waals surface area contributed by atoms with E-state index in [4.69, 9.17) is 16.3 Å². The van der Waals surface area contributed by atoms with E-state index < -0.39 is 0 Å². The number of aromatic nitrogens is 2. The Hall–Kier alpha value is -1.03. The quantitative estimate of drug-likeness (QED) is 0.834. The summed E-state index contributed by atoms with van der Waals surface area (Å²) in [6.07, 6.45) is 7.12. The van der Waals surface area contributed by atoms with E-state index in [0.717, 1.165) is 25.1 Å². The van der Waals surface area contributed by atoms with Gasteiger partial charge in [0.15, 0.2) is 0 Å². The molecule has 1 saturated carbocycles. The molecule has 100 valence electrons. The van der Waals surface area contributed by atoms with Crippen LogP contribution in [0.3, 0.4) is 0 Å². The molecule has 0 amide bonds. The van der Waals surface area contributed by atoms with Crippen molar-refractivity contribution in [3.8, 4) is 5.88 Å². The summed E-state index contributed by atoms with van der Waals surface area (Å²) in [4.78, 5) is 8.30. The van der Waals surface area contributed by atoms with Crippen LogP contribution in [0.25, 0.3) is 0 Å². The summed E-state index contributed by atoms with van der Waals surface area (Å²) in [6, 6.07) is 2.14. The van der Waals surface area contributed by atoms with Gasteiger partial charge in [0.25, 0.3) is 0 Å². The molecule has 0 radical (unpaired) electrons. The normalized spacial score (nSPS) is 23.7. The van der Waals surface area contributed by atoms with Gasteiger partial charge in [-0.25, -0.2) is 9.97 Å². The molecule has 1 fully saturated rings. The summed E-state index contributed by atoms with van der Waals surface area (Å²) in [7, 11) is 0. The summed E-state index contributed by atoms with van der Waals surface area (Å²) in [6.45, 7) is 2.75. The third-order valence-electron chi connectivity index (χ3n) is 3.11. The second-order valence-corrected chi connectivity index (χ2v) is 5.20. The van der Waals surface area contributed by atoms with Crippen molar-refractivity contribution in [1.82, 2.24) is 9.97 Å². The zero-order chi connectivity index (χ0) is 12.8. The molecule has 2 rings (SSSR count). The lowest BCUT2D eigenvalue weighted by atomic mass is 9.95. The summed E-state index contributed by atoms with van der Waals surface area (Å²) < 4.78 is 5.49. The third-order valence-corrected chi connectivity index (χ3v) is 3.63. The van der Waals surface area contributed by atoms with E-state index >= 15 is 0 Å². The van der Waals surface area contributed by atoms with Crippen LogP contribution in [-0.2, 0) is 0 Å². The van der Waals surface area contributed by atoms with Gasteiger partial charge in [-0.2, -0.15) is 0 Å². The molecule has 18 heavy (non-hydrogen) atoms. The van der Waals surface area contributed by atoms with Gasteiger partial charge in [0.1, 0.15) is 12.1 Å². The van der Waals surface area contributed by atoms with Crippen LogP contribution in [0, 0.1) is 0 Å². The minimum atomic E-state index is 0.189. The maximum absolute atomic E-state index is 6.32. The number of anilines is 1. The van der Waals surface area contributed by atoms with E-state index in [9.17, 15) is 0 Å². The lowest BCUT2D eigenvalue weighted by Gasteiger charge is -2.28. The molecule has 0 bridgehead atoms. The highest BCUT2D eigenvalue weighted by Crippen LogP contribution is 2.26. The van der Waals surface area contributed by atoms with Crippen LogP contribution in [-0.4, -0.2) is 28.0 Å². The minimum absolute atomic E-state index is 0.189. The SMILES string of the molecule is CCCOc1cc(NC2CCCCC2Cl)ncn1. The van der Waals surface area contributed by atoms with Crippen molar-refractivity contribution >= 4 is 17.4 Å². The molecule has 5 heteroatoms. The van der Waals surface area contributed by atoms with E-state index in [0.29, 0.717) is 18.5 Å². The van der Waals surface area contributed by atoms with Gasteiger partial charge in [0.05, 0.1) is 12.0 Å². The molecule has 2 atom stereocenters. The molecule has 2 unspecified atom stereocenters. The Morgan fingerprint density at radius 3 is 3.00 bits per heavy atom. The molecule has 1 N–H and O–H groups in total. The topological polar surface area (TPSA) is 47.0 Å². The lowest BCUT2D eigenvalue weighted by molar-refractivity contribution is 0.305. The van der Waals surface area contributed by atoms with Gasteiger partial charge in [-0.1, -0.05) is 19.8 Å². The van der Waals surface area contributed by atoms with Gasteiger partial charge in [-0.15, -0.1) is 11.6 Å². The van der Waals surface area contributed by atoms with Crippen LogP contribution in [0.15, 0.2) is 12.4 Å². The fourth-order valence-electron chi connectivity index (χ4n) is 2.14. The van der Waals surface area contributed by atoms with Crippen molar-refractivity contribution in [2.24, 2.45) is 0 Å². The molecule has 1 aliphatic carbocycles. The Kier molecular flexibility index (Phi) is 5.05. The molecular weight excluding hydrogens is 250 g/mol. The fourth-order valence-corrected chi connectivity index (χ4v) is 2.49. The van der Waals surface area contributed by atoms with E-state index in [1.54, 1.807) is 0 Å². The van der Waals surface area contributed by atoms with Crippen molar-refractivity contribution in [3.63, 3.8) is 0 Å². The molecule has 1 aliphatic rings. The molecular formula is C13H20ClN3O. The van der Waals surface area contributed by atoms with Crippen LogP contribution in [0.2, 0.25) is 0 Å². The van der Waals surface area contributed by atoms with Crippen LogP contribution < -0.4 is 10.1 Å². The Morgan fingerprint density at radius 1 is 1.39 bits per heavy atom. The lowest BCUT2D eigenvalue weighted by Crippen LogP contribution is -2.33. The Bertz CT molecular complexity index is 375. The highest BCUT2D eigenvalue weighted by atomic mass is 35.5. The van der Waals surface area contributed by atoms with Gasteiger partial charge >= 0.3 is 0 Å². The smallest absolute Gasteiger partial charge is 0.218 e. The summed E-state index contributed by atoms with van der Waals surface area (Å²) in [5.74, 6) is 1.42. The van der Waals surface area contributed by atoms with Gasteiger partial charge < -0.3 is 10.1 Å². The van der Waals surface area contributed by atoms with Crippen LogP contribution in [0.1, 0.15) is 39.0 Å². The van der Waals surface area contributed by atoms with Crippen molar-refractivity contribution < 1.29 is 4.74 Å². The molecule has 1 aromatic rings. The van der Waals surface area contributed by atoms with E-state index in [2.05, 4.69) is 22.2 Å². The van der Waals surface area contributed by atoms with Crippen LogP contribution >= 0.6 is 11.6 Å². The van der Waals surface area contributed by atoms with Gasteiger partial charge in [0, 0.05) is 12.1 Å². The van der Waals surface area contributed by atoms with E-state index in [-0.39, 0.29) is 5.38 Å². The number of alkyl halides is 1. The van der Waals surface area contributed by atoms with Gasteiger partial charge in [0.2, 0.25) is 5.88 Å². The maximum Gasteiger partial charge on any atom is 0.218 e. The maximum atomic E-state index is 6.32. The number of nitrogens with one attached hydrogen (secondary N) is 1. The number of hydrogen-bond acceptors (Lipinski definition) is 4. The second-order valence-electron chi connectivity index (χ2n) is 4.64. The molecule has 4 nitrogen and oxygen atoms in total. The molecule has 0 aliphatic heterocycles. The number of nitrogens with zero attached hydrogens (tertiary/aromatic N) is 2. The first kappa shape index (κ1) is 13.4. The third kappa shape index (κ3) is 3.73. The second kappa shape index (κ2) is 6.78. The van der Waals surface area contributed by atoms with Crippen molar-refractivity contribution in [2.75, 3.05) is 11.9 Å². The zero-order valence-electron chi connectivity index (χ0n) is 10.7. The van der Waals surface area contributed by atoms with Crippen molar-refractivity contribution in [2.45, 2.75) is 50.4 Å². The highest BCUT2D eigenvalue weighted by molar-refractivity contribution is 6.21. The first-order valence-electron chi connectivity index (χ1n) is 6.65. The van der Waals surface area contributed by atoms with Crippen molar-refractivity contribution in [3.05, 3.63) is 12.4 Å². The first-order valence-corrected chi connectivity index (χ1v) is 7.08. The van der Waals surface area contributed by atoms with E-state index in [1.807, 2.05) is 6.07 Å². The summed E-state index contributed by atoms with van der Waals surface area (Å²) in [5, 5.41) is 3.57. The molecule has 0 saturated heterocycles. The number of hydrogen-bond donors (Lipinski definition) is 1. The molecule has 0 aromatic carbocycles. The minimum Gasteiger partial charge on any atom is -0.478 e. The van der Waals surface area contributed by atoms with Gasteiger partial charge in [-0.05, 0) is 19.3 Å².